The van der Waals surface area contributed by atoms with Crippen LogP contribution in [0.2, 0.25) is 0 Å². The lowest BCUT2D eigenvalue weighted by Crippen LogP contribution is -2.43. The van der Waals surface area contributed by atoms with Crippen molar-refractivity contribution in [2.45, 2.75) is 18.5 Å². The molecule has 2 aliphatic heterocycles. The maximum atomic E-state index is 8.50. The van der Waals surface area contributed by atoms with Crippen LogP contribution in [0.4, 0.5) is 5.69 Å². The van der Waals surface area contributed by atoms with E-state index < -0.39 is 0 Å². The summed E-state index contributed by atoms with van der Waals surface area (Å²) in [6.45, 7) is 2.11. The van der Waals surface area contributed by atoms with Crippen LogP contribution in [0, 0.1) is 0 Å². The molecule has 0 spiro atoms. The summed E-state index contributed by atoms with van der Waals surface area (Å²) in [5, 5.41) is 15.0. The van der Waals surface area contributed by atoms with Crippen molar-refractivity contribution in [3.63, 3.8) is 0 Å². The summed E-state index contributed by atoms with van der Waals surface area (Å²) in [4.78, 5) is 6.54. The van der Waals surface area contributed by atoms with Crippen LogP contribution in [0.3, 0.4) is 0 Å². The Kier molecular flexibility index (Phi) is 2.25. The Morgan fingerprint density at radius 2 is 2.50 bits per heavy atom. The Morgan fingerprint density at radius 1 is 1.56 bits per heavy atom. The van der Waals surface area contributed by atoms with Crippen molar-refractivity contribution < 1.29 is 5.21 Å². The zero-order valence-corrected chi connectivity index (χ0v) is 8.87. The minimum Gasteiger partial charge on any atom is -0.411 e. The lowest BCUT2D eigenvalue weighted by atomic mass is 10.2. The number of rotatable bonds is 2. The molecule has 5 nitrogen and oxygen atoms in total. The fourth-order valence-corrected chi connectivity index (χ4v) is 2.62. The third kappa shape index (κ3) is 1.53. The maximum absolute atomic E-state index is 8.50. The van der Waals surface area contributed by atoms with E-state index in [4.69, 9.17) is 5.21 Å². The number of anilines is 1. The molecular weight excluding hydrogens is 204 g/mol. The predicted molar refractivity (Wildman–Crippen MR) is 61.2 cm³/mol. The van der Waals surface area contributed by atoms with Crippen molar-refractivity contribution in [3.05, 3.63) is 24.0 Å². The van der Waals surface area contributed by atoms with Gasteiger partial charge in [0.15, 0.2) is 0 Å². The van der Waals surface area contributed by atoms with E-state index in [1.165, 1.54) is 12.6 Å². The van der Waals surface area contributed by atoms with Crippen molar-refractivity contribution in [1.29, 1.82) is 0 Å². The summed E-state index contributed by atoms with van der Waals surface area (Å²) < 4.78 is 0. The monoisotopic (exact) mass is 218 g/mol. The normalized spacial score (nSPS) is 28.1. The van der Waals surface area contributed by atoms with E-state index in [1.54, 1.807) is 6.20 Å². The van der Waals surface area contributed by atoms with E-state index in [2.05, 4.69) is 20.4 Å². The number of oxime groups is 1. The van der Waals surface area contributed by atoms with E-state index in [1.807, 2.05) is 12.3 Å². The number of piperazine rings is 1. The molecule has 2 bridgehead atoms. The summed E-state index contributed by atoms with van der Waals surface area (Å²) in [7, 11) is 0. The highest BCUT2D eigenvalue weighted by molar-refractivity contribution is 5.80. The molecule has 1 aromatic rings. The fraction of sp³-hybridized carbons (Fsp3) is 0.455. The molecule has 2 saturated heterocycles. The lowest BCUT2D eigenvalue weighted by Gasteiger charge is -2.29. The zero-order chi connectivity index (χ0) is 11.0. The third-order valence-electron chi connectivity index (χ3n) is 3.34. The Morgan fingerprint density at radius 3 is 3.19 bits per heavy atom. The van der Waals surface area contributed by atoms with Gasteiger partial charge in [-0.15, -0.1) is 0 Å². The topological polar surface area (TPSA) is 60.8 Å². The van der Waals surface area contributed by atoms with Gasteiger partial charge in [0.1, 0.15) is 0 Å². The van der Waals surface area contributed by atoms with Crippen molar-refractivity contribution in [2.24, 2.45) is 5.16 Å². The molecule has 3 rings (SSSR count). The van der Waals surface area contributed by atoms with Gasteiger partial charge in [-0.2, -0.15) is 0 Å². The largest absolute Gasteiger partial charge is 0.411 e. The van der Waals surface area contributed by atoms with Crippen LogP contribution in [0.25, 0.3) is 0 Å². The predicted octanol–water partition coefficient (Wildman–Crippen LogP) is 0.440. The van der Waals surface area contributed by atoms with Gasteiger partial charge < -0.3 is 15.4 Å². The van der Waals surface area contributed by atoms with E-state index in [-0.39, 0.29) is 0 Å². The van der Waals surface area contributed by atoms with Gasteiger partial charge >= 0.3 is 0 Å². The van der Waals surface area contributed by atoms with Gasteiger partial charge in [-0.3, -0.25) is 4.98 Å². The molecule has 3 heterocycles. The van der Waals surface area contributed by atoms with Gasteiger partial charge in [0.25, 0.3) is 0 Å². The van der Waals surface area contributed by atoms with E-state index in [0.29, 0.717) is 12.1 Å². The number of pyridine rings is 1. The molecule has 2 aliphatic rings. The first-order chi connectivity index (χ1) is 7.86. The summed E-state index contributed by atoms with van der Waals surface area (Å²) in [5.74, 6) is 0. The molecule has 2 fully saturated rings. The molecule has 5 heteroatoms. The maximum Gasteiger partial charge on any atom is 0.0750 e. The number of hydrogen-bond acceptors (Lipinski definition) is 5. The van der Waals surface area contributed by atoms with E-state index in [9.17, 15) is 0 Å². The van der Waals surface area contributed by atoms with Crippen molar-refractivity contribution >= 4 is 11.9 Å². The Labute approximate surface area is 93.8 Å². The first-order valence-electron chi connectivity index (χ1n) is 5.49. The Balaban J connectivity index is 1.86. The van der Waals surface area contributed by atoms with E-state index >= 15 is 0 Å². The molecule has 1 aromatic heterocycles. The van der Waals surface area contributed by atoms with Gasteiger partial charge in [0.2, 0.25) is 0 Å². The summed E-state index contributed by atoms with van der Waals surface area (Å²) >= 11 is 0. The second-order valence-electron chi connectivity index (χ2n) is 4.37. The van der Waals surface area contributed by atoms with Crippen molar-refractivity contribution in [1.82, 2.24) is 10.3 Å². The average molecular weight is 218 g/mol. The van der Waals surface area contributed by atoms with Gasteiger partial charge in [-0.25, -0.2) is 0 Å². The molecule has 16 heavy (non-hydrogen) atoms. The SMILES string of the molecule is ON=Cc1cncc(N2C[C@H]3C[C@@H]2CN3)c1. The van der Waals surface area contributed by atoms with Crippen LogP contribution in [-0.2, 0) is 0 Å². The molecule has 84 valence electrons. The fourth-order valence-electron chi connectivity index (χ4n) is 2.62. The highest BCUT2D eigenvalue weighted by Gasteiger charge is 2.37. The number of nitrogens with zero attached hydrogens (tertiary/aromatic N) is 3. The molecule has 0 aliphatic carbocycles. The van der Waals surface area contributed by atoms with Crippen LogP contribution in [0.1, 0.15) is 12.0 Å². The molecule has 2 atom stereocenters. The Bertz CT molecular complexity index is 420. The number of aromatic nitrogens is 1. The van der Waals surface area contributed by atoms with Crippen LogP contribution in [-0.4, -0.2) is 41.6 Å². The Hall–Kier alpha value is -1.62. The second kappa shape index (κ2) is 3.75. The zero-order valence-electron chi connectivity index (χ0n) is 8.87. The van der Waals surface area contributed by atoms with Crippen LogP contribution >= 0.6 is 0 Å². The lowest BCUT2D eigenvalue weighted by molar-refractivity contribution is 0.322. The summed E-state index contributed by atoms with van der Waals surface area (Å²) in [5.41, 5.74) is 1.95. The standard InChI is InChI=1S/C11H14N4O/c16-14-4-8-1-10(5-12-3-8)15-7-9-2-11(15)6-13-9/h1,3-5,9,11,13,16H,2,6-7H2/t9-,11-/m1/s1. The molecule has 0 amide bonds. The van der Waals surface area contributed by atoms with Crippen molar-refractivity contribution in [3.8, 4) is 0 Å². The van der Waals surface area contributed by atoms with Gasteiger partial charge in [-0.05, 0) is 12.5 Å². The molecule has 0 unspecified atom stereocenters. The molecule has 2 N–H and O–H groups in total. The van der Waals surface area contributed by atoms with E-state index in [0.717, 1.165) is 24.3 Å². The number of nitrogens with one attached hydrogen (secondary N) is 1. The van der Waals surface area contributed by atoms with Crippen LogP contribution in [0.5, 0.6) is 0 Å². The molecule has 0 aromatic carbocycles. The molecule has 0 radical (unpaired) electrons. The highest BCUT2D eigenvalue weighted by Crippen LogP contribution is 2.28. The summed E-state index contributed by atoms with van der Waals surface area (Å²) in [6, 6.07) is 3.22. The van der Waals surface area contributed by atoms with Gasteiger partial charge in [0, 0.05) is 36.9 Å². The highest BCUT2D eigenvalue weighted by atomic mass is 16.4. The smallest absolute Gasteiger partial charge is 0.0750 e. The van der Waals surface area contributed by atoms with Gasteiger partial charge in [-0.1, -0.05) is 5.16 Å². The third-order valence-corrected chi connectivity index (χ3v) is 3.34. The average Bonchev–Trinajstić information content (AvgIpc) is 2.91. The first kappa shape index (κ1) is 9.59. The number of hydrogen-bond donors (Lipinski definition) is 2. The minimum absolute atomic E-state index is 0.591. The first-order valence-corrected chi connectivity index (χ1v) is 5.49. The number of fused-ring (bicyclic) bond motifs is 2. The minimum atomic E-state index is 0.591. The van der Waals surface area contributed by atoms with Gasteiger partial charge in [0.05, 0.1) is 18.1 Å². The molecule has 0 saturated carbocycles. The van der Waals surface area contributed by atoms with Crippen LogP contribution < -0.4 is 10.2 Å². The summed E-state index contributed by atoms with van der Waals surface area (Å²) in [6.07, 6.45) is 6.19. The quantitative estimate of drug-likeness (QED) is 0.429. The van der Waals surface area contributed by atoms with Crippen molar-refractivity contribution in [2.75, 3.05) is 18.0 Å². The van der Waals surface area contributed by atoms with Crippen LogP contribution in [0.15, 0.2) is 23.6 Å². The second-order valence-corrected chi connectivity index (χ2v) is 4.37. The molecular formula is C11H14N4O.